The van der Waals surface area contributed by atoms with Gasteiger partial charge in [0, 0.05) is 34.9 Å². The minimum absolute atomic E-state index is 0.222. The lowest BCUT2D eigenvalue weighted by atomic mass is 10.1. The summed E-state index contributed by atoms with van der Waals surface area (Å²) < 4.78 is 0. The summed E-state index contributed by atoms with van der Waals surface area (Å²) in [4.78, 5) is 0. The van der Waals surface area contributed by atoms with Gasteiger partial charge < -0.3 is 20.8 Å². The molecule has 4 nitrogen and oxygen atoms in total. The second kappa shape index (κ2) is 6.32. The number of anilines is 4. The molecule has 4 heteroatoms. The highest BCUT2D eigenvalue weighted by Gasteiger charge is 2.03. The van der Waals surface area contributed by atoms with Gasteiger partial charge in [0.05, 0.1) is 0 Å². The van der Waals surface area contributed by atoms with Crippen LogP contribution in [0.4, 0.5) is 22.7 Å². The number of aryl methyl sites for hydroxylation is 1. The zero-order valence-corrected chi connectivity index (χ0v) is 12.7. The van der Waals surface area contributed by atoms with E-state index in [1.807, 2.05) is 37.3 Å². The standard InChI is InChI=1S/C19H18N2O2/c1-13-8-9-16(20-14-4-2-6-17(22)10-14)12-19(13)21-15-5-3-7-18(23)11-15/h2-12,20-23H,1H3. The lowest BCUT2D eigenvalue weighted by Crippen LogP contribution is -1.96. The SMILES string of the molecule is Cc1ccc(Nc2cccc(O)c2)cc1Nc1cccc(O)c1. The van der Waals surface area contributed by atoms with E-state index in [0.29, 0.717) is 0 Å². The van der Waals surface area contributed by atoms with Crippen molar-refractivity contribution in [3.63, 3.8) is 0 Å². The molecule has 0 unspecified atom stereocenters. The molecule has 0 saturated carbocycles. The third-order valence-corrected chi connectivity index (χ3v) is 3.50. The number of nitrogens with one attached hydrogen (secondary N) is 2. The van der Waals surface area contributed by atoms with Crippen LogP contribution in [0.15, 0.2) is 66.7 Å². The summed E-state index contributed by atoms with van der Waals surface area (Å²) in [6.45, 7) is 2.02. The summed E-state index contributed by atoms with van der Waals surface area (Å²) in [7, 11) is 0. The van der Waals surface area contributed by atoms with Gasteiger partial charge in [-0.1, -0.05) is 18.2 Å². The first-order chi connectivity index (χ1) is 11.1. The Labute approximate surface area is 135 Å². The second-order valence-electron chi connectivity index (χ2n) is 5.38. The number of hydrogen-bond acceptors (Lipinski definition) is 4. The fraction of sp³-hybridized carbons (Fsp3) is 0.0526. The van der Waals surface area contributed by atoms with Crippen molar-refractivity contribution < 1.29 is 10.2 Å². The summed E-state index contributed by atoms with van der Waals surface area (Å²) in [6, 6.07) is 20.0. The molecule has 0 amide bonds. The lowest BCUT2D eigenvalue weighted by Gasteiger charge is -2.13. The van der Waals surface area contributed by atoms with Crippen LogP contribution in [-0.4, -0.2) is 10.2 Å². The van der Waals surface area contributed by atoms with Crippen LogP contribution in [0.3, 0.4) is 0 Å². The molecule has 116 valence electrons. The van der Waals surface area contributed by atoms with E-state index in [-0.39, 0.29) is 11.5 Å². The molecule has 3 aromatic rings. The quantitative estimate of drug-likeness (QED) is 0.554. The van der Waals surface area contributed by atoms with Crippen molar-refractivity contribution in [3.8, 4) is 11.5 Å². The number of phenolic OH excluding ortho intramolecular Hbond substituents is 2. The zero-order valence-electron chi connectivity index (χ0n) is 12.7. The van der Waals surface area contributed by atoms with Gasteiger partial charge in [-0.3, -0.25) is 0 Å². The molecular formula is C19H18N2O2. The summed E-state index contributed by atoms with van der Waals surface area (Å²) >= 11 is 0. The van der Waals surface area contributed by atoms with Crippen LogP contribution in [0.1, 0.15) is 5.56 Å². The van der Waals surface area contributed by atoms with E-state index in [0.717, 1.165) is 28.3 Å². The Bertz CT molecular complexity index is 831. The molecule has 23 heavy (non-hydrogen) atoms. The van der Waals surface area contributed by atoms with Crippen molar-refractivity contribution in [1.82, 2.24) is 0 Å². The largest absolute Gasteiger partial charge is 0.508 e. The van der Waals surface area contributed by atoms with Crippen molar-refractivity contribution in [2.45, 2.75) is 6.92 Å². The van der Waals surface area contributed by atoms with E-state index in [1.165, 1.54) is 0 Å². The van der Waals surface area contributed by atoms with Gasteiger partial charge in [0.1, 0.15) is 11.5 Å². The van der Waals surface area contributed by atoms with Crippen LogP contribution in [0.25, 0.3) is 0 Å². The molecule has 0 aromatic heterocycles. The van der Waals surface area contributed by atoms with Gasteiger partial charge in [0.2, 0.25) is 0 Å². The van der Waals surface area contributed by atoms with E-state index >= 15 is 0 Å². The number of aromatic hydroxyl groups is 2. The fourth-order valence-corrected chi connectivity index (χ4v) is 2.32. The molecule has 3 rings (SSSR count). The van der Waals surface area contributed by atoms with Crippen molar-refractivity contribution in [2.24, 2.45) is 0 Å². The van der Waals surface area contributed by atoms with E-state index < -0.39 is 0 Å². The summed E-state index contributed by atoms with van der Waals surface area (Å²) in [5, 5.41) is 25.7. The van der Waals surface area contributed by atoms with Crippen LogP contribution < -0.4 is 10.6 Å². The highest BCUT2D eigenvalue weighted by Crippen LogP contribution is 2.28. The molecule has 0 heterocycles. The number of phenols is 2. The average Bonchev–Trinajstić information content (AvgIpc) is 2.51. The second-order valence-corrected chi connectivity index (χ2v) is 5.38. The Morgan fingerprint density at radius 3 is 1.83 bits per heavy atom. The van der Waals surface area contributed by atoms with Crippen molar-refractivity contribution in [3.05, 3.63) is 72.3 Å². The molecule has 3 aromatic carbocycles. The Balaban J connectivity index is 1.84. The van der Waals surface area contributed by atoms with Crippen LogP contribution in [0.5, 0.6) is 11.5 Å². The van der Waals surface area contributed by atoms with Gasteiger partial charge in [-0.25, -0.2) is 0 Å². The molecule has 0 saturated heterocycles. The first kappa shape index (κ1) is 14.8. The van der Waals surface area contributed by atoms with Gasteiger partial charge >= 0.3 is 0 Å². The van der Waals surface area contributed by atoms with E-state index in [9.17, 15) is 10.2 Å². The maximum absolute atomic E-state index is 9.56. The molecule has 0 aliphatic carbocycles. The van der Waals surface area contributed by atoms with Crippen LogP contribution >= 0.6 is 0 Å². The van der Waals surface area contributed by atoms with Gasteiger partial charge in [-0.15, -0.1) is 0 Å². The van der Waals surface area contributed by atoms with E-state index in [4.69, 9.17) is 0 Å². The number of benzene rings is 3. The minimum Gasteiger partial charge on any atom is -0.508 e. The summed E-state index contributed by atoms with van der Waals surface area (Å²) in [5.74, 6) is 0.446. The predicted octanol–water partition coefficient (Wildman–Crippen LogP) is 4.89. The highest BCUT2D eigenvalue weighted by atomic mass is 16.3. The Kier molecular flexibility index (Phi) is 4.06. The Hall–Kier alpha value is -3.14. The fourth-order valence-electron chi connectivity index (χ4n) is 2.32. The van der Waals surface area contributed by atoms with Crippen LogP contribution in [0, 0.1) is 6.92 Å². The molecule has 0 aliphatic heterocycles. The van der Waals surface area contributed by atoms with Gasteiger partial charge in [0.15, 0.2) is 0 Å². The molecule has 0 atom stereocenters. The van der Waals surface area contributed by atoms with E-state index in [2.05, 4.69) is 10.6 Å². The third-order valence-electron chi connectivity index (χ3n) is 3.50. The molecule has 0 aliphatic rings. The number of rotatable bonds is 4. The Morgan fingerprint density at radius 1 is 0.652 bits per heavy atom. The van der Waals surface area contributed by atoms with Gasteiger partial charge in [0.25, 0.3) is 0 Å². The molecule has 0 fully saturated rings. The van der Waals surface area contributed by atoms with Crippen LogP contribution in [0.2, 0.25) is 0 Å². The molecule has 0 spiro atoms. The van der Waals surface area contributed by atoms with Crippen molar-refractivity contribution in [1.29, 1.82) is 0 Å². The normalized spacial score (nSPS) is 10.3. The maximum atomic E-state index is 9.56. The lowest BCUT2D eigenvalue weighted by molar-refractivity contribution is 0.475. The number of hydrogen-bond donors (Lipinski definition) is 4. The molecular weight excluding hydrogens is 288 g/mol. The summed E-state index contributed by atoms with van der Waals surface area (Å²) in [5.41, 5.74) is 4.58. The monoisotopic (exact) mass is 306 g/mol. The highest BCUT2D eigenvalue weighted by molar-refractivity contribution is 5.71. The average molecular weight is 306 g/mol. The first-order valence-corrected chi connectivity index (χ1v) is 7.33. The van der Waals surface area contributed by atoms with Crippen molar-refractivity contribution in [2.75, 3.05) is 10.6 Å². The van der Waals surface area contributed by atoms with E-state index in [1.54, 1.807) is 36.4 Å². The topological polar surface area (TPSA) is 64.5 Å². The molecule has 0 bridgehead atoms. The maximum Gasteiger partial charge on any atom is 0.117 e. The summed E-state index contributed by atoms with van der Waals surface area (Å²) in [6.07, 6.45) is 0. The predicted molar refractivity (Wildman–Crippen MR) is 94.0 cm³/mol. The third kappa shape index (κ3) is 3.74. The minimum atomic E-state index is 0.222. The smallest absolute Gasteiger partial charge is 0.117 e. The van der Waals surface area contributed by atoms with Crippen molar-refractivity contribution >= 4 is 22.7 Å². The molecule has 4 N–H and O–H groups in total. The molecule has 0 radical (unpaired) electrons. The Morgan fingerprint density at radius 2 is 1.22 bits per heavy atom. The van der Waals surface area contributed by atoms with Gasteiger partial charge in [-0.05, 0) is 48.9 Å². The zero-order chi connectivity index (χ0) is 16.2. The first-order valence-electron chi connectivity index (χ1n) is 7.33. The van der Waals surface area contributed by atoms with Gasteiger partial charge in [-0.2, -0.15) is 0 Å². The van der Waals surface area contributed by atoms with Crippen LogP contribution in [-0.2, 0) is 0 Å².